The summed E-state index contributed by atoms with van der Waals surface area (Å²) in [6.45, 7) is 5.19. The molecule has 1 aromatic carbocycles. The molecule has 0 N–H and O–H groups in total. The van der Waals surface area contributed by atoms with Crippen molar-refractivity contribution in [1.29, 1.82) is 0 Å². The zero-order valence-corrected chi connectivity index (χ0v) is 16.9. The minimum absolute atomic E-state index is 0.518. The SMILES string of the molecule is CC(C)c1ccc(N=c2scc(-c3ccco3)n2CCc2ccccn2)cc1. The molecular weight excluding hydrogens is 366 g/mol. The van der Waals surface area contributed by atoms with Crippen LogP contribution in [0.25, 0.3) is 11.5 Å². The van der Waals surface area contributed by atoms with Crippen LogP contribution in [0.2, 0.25) is 0 Å². The van der Waals surface area contributed by atoms with Gasteiger partial charge >= 0.3 is 0 Å². The predicted molar refractivity (Wildman–Crippen MR) is 114 cm³/mol. The minimum atomic E-state index is 0.518. The lowest BCUT2D eigenvalue weighted by atomic mass is 10.0. The standard InChI is InChI=1S/C23H23N3OS/c1-17(2)18-8-10-20(11-9-18)25-23-26(14-12-19-6-3-4-13-24-19)21(16-28-23)22-7-5-15-27-22/h3-11,13,15-17H,12,14H2,1-2H3. The van der Waals surface area contributed by atoms with Crippen LogP contribution < -0.4 is 4.80 Å². The molecule has 0 saturated heterocycles. The van der Waals surface area contributed by atoms with Crippen molar-refractivity contribution in [3.05, 3.63) is 88.5 Å². The fourth-order valence-electron chi connectivity index (χ4n) is 3.07. The van der Waals surface area contributed by atoms with Gasteiger partial charge in [0, 0.05) is 30.2 Å². The van der Waals surface area contributed by atoms with Crippen molar-refractivity contribution >= 4 is 17.0 Å². The monoisotopic (exact) mass is 389 g/mol. The topological polar surface area (TPSA) is 43.3 Å². The van der Waals surface area contributed by atoms with E-state index < -0.39 is 0 Å². The Morgan fingerprint density at radius 3 is 2.61 bits per heavy atom. The zero-order chi connectivity index (χ0) is 19.3. The molecular formula is C23H23N3OS. The summed E-state index contributed by atoms with van der Waals surface area (Å²) in [4.78, 5) is 10.3. The maximum Gasteiger partial charge on any atom is 0.190 e. The number of nitrogens with zero attached hydrogens (tertiary/aromatic N) is 3. The van der Waals surface area contributed by atoms with Gasteiger partial charge in [0.05, 0.1) is 17.6 Å². The summed E-state index contributed by atoms with van der Waals surface area (Å²) in [5.41, 5.74) is 4.40. The van der Waals surface area contributed by atoms with Crippen LogP contribution in [0.5, 0.6) is 0 Å². The van der Waals surface area contributed by atoms with Crippen LogP contribution in [0, 0.1) is 0 Å². The van der Waals surface area contributed by atoms with Crippen LogP contribution in [-0.4, -0.2) is 9.55 Å². The molecule has 4 aromatic rings. The Labute approximate surface area is 168 Å². The van der Waals surface area contributed by atoms with Crippen LogP contribution in [0.3, 0.4) is 0 Å². The molecule has 5 heteroatoms. The lowest BCUT2D eigenvalue weighted by molar-refractivity contribution is 0.568. The molecule has 0 aliphatic carbocycles. The Bertz CT molecular complexity index is 1080. The van der Waals surface area contributed by atoms with Gasteiger partial charge in [-0.1, -0.05) is 32.0 Å². The molecule has 142 valence electrons. The Morgan fingerprint density at radius 2 is 1.93 bits per heavy atom. The Hall–Kier alpha value is -2.92. The second-order valence-corrected chi connectivity index (χ2v) is 7.80. The van der Waals surface area contributed by atoms with E-state index in [1.54, 1.807) is 17.6 Å². The van der Waals surface area contributed by atoms with E-state index in [-0.39, 0.29) is 0 Å². The van der Waals surface area contributed by atoms with Gasteiger partial charge in [-0.15, -0.1) is 11.3 Å². The van der Waals surface area contributed by atoms with E-state index in [0.29, 0.717) is 5.92 Å². The second kappa shape index (κ2) is 8.40. The molecule has 0 fully saturated rings. The summed E-state index contributed by atoms with van der Waals surface area (Å²) >= 11 is 1.63. The maximum atomic E-state index is 5.65. The van der Waals surface area contributed by atoms with E-state index in [1.807, 2.05) is 30.5 Å². The summed E-state index contributed by atoms with van der Waals surface area (Å²) in [6, 6.07) is 18.4. The molecule has 4 nitrogen and oxygen atoms in total. The molecule has 4 rings (SSSR count). The summed E-state index contributed by atoms with van der Waals surface area (Å²) in [7, 11) is 0. The van der Waals surface area contributed by atoms with Crippen LogP contribution in [0.15, 0.2) is 81.8 Å². The highest BCUT2D eigenvalue weighted by Gasteiger charge is 2.11. The van der Waals surface area contributed by atoms with Crippen molar-refractivity contribution in [2.24, 2.45) is 4.99 Å². The molecule has 0 amide bonds. The van der Waals surface area contributed by atoms with Crippen LogP contribution in [0.1, 0.15) is 31.0 Å². The summed E-state index contributed by atoms with van der Waals surface area (Å²) in [6.07, 6.45) is 4.38. The summed E-state index contributed by atoms with van der Waals surface area (Å²) in [5, 5.41) is 2.11. The fraction of sp³-hybridized carbons (Fsp3) is 0.217. The average Bonchev–Trinajstić information content (AvgIpc) is 3.37. The number of benzene rings is 1. The highest BCUT2D eigenvalue weighted by molar-refractivity contribution is 7.07. The zero-order valence-electron chi connectivity index (χ0n) is 16.1. The van der Waals surface area contributed by atoms with Crippen molar-refractivity contribution in [1.82, 2.24) is 9.55 Å². The van der Waals surface area contributed by atoms with Gasteiger partial charge in [-0.3, -0.25) is 4.98 Å². The van der Waals surface area contributed by atoms with Crippen molar-refractivity contribution in [3.8, 4) is 11.5 Å². The first-order valence-electron chi connectivity index (χ1n) is 9.47. The molecule has 3 aromatic heterocycles. The van der Waals surface area contributed by atoms with Crippen molar-refractivity contribution in [2.45, 2.75) is 32.7 Å². The van der Waals surface area contributed by atoms with E-state index in [1.165, 1.54) is 5.56 Å². The van der Waals surface area contributed by atoms with Crippen LogP contribution >= 0.6 is 11.3 Å². The van der Waals surface area contributed by atoms with Gasteiger partial charge < -0.3 is 8.98 Å². The Balaban J connectivity index is 1.70. The van der Waals surface area contributed by atoms with Gasteiger partial charge in [0.25, 0.3) is 0 Å². The third kappa shape index (κ3) is 4.15. The molecule has 3 heterocycles. The lowest BCUT2D eigenvalue weighted by Gasteiger charge is -2.08. The average molecular weight is 390 g/mol. The molecule has 28 heavy (non-hydrogen) atoms. The van der Waals surface area contributed by atoms with Gasteiger partial charge in [-0.05, 0) is 47.9 Å². The van der Waals surface area contributed by atoms with Crippen molar-refractivity contribution in [3.63, 3.8) is 0 Å². The van der Waals surface area contributed by atoms with Crippen molar-refractivity contribution in [2.75, 3.05) is 0 Å². The number of aryl methyl sites for hydroxylation is 1. The van der Waals surface area contributed by atoms with E-state index in [9.17, 15) is 0 Å². The number of pyridine rings is 1. The van der Waals surface area contributed by atoms with Crippen LogP contribution in [-0.2, 0) is 13.0 Å². The lowest BCUT2D eigenvalue weighted by Crippen LogP contribution is -2.17. The Morgan fingerprint density at radius 1 is 1.07 bits per heavy atom. The number of aromatic nitrogens is 2. The number of furan rings is 1. The smallest absolute Gasteiger partial charge is 0.190 e. The second-order valence-electron chi connectivity index (χ2n) is 6.96. The number of hydrogen-bond donors (Lipinski definition) is 0. The Kier molecular flexibility index (Phi) is 5.53. The normalized spacial score (nSPS) is 12.0. The van der Waals surface area contributed by atoms with Gasteiger partial charge in [0.2, 0.25) is 0 Å². The molecule has 0 radical (unpaired) electrons. The number of thiazole rings is 1. The fourth-order valence-corrected chi connectivity index (χ4v) is 4.01. The van der Waals surface area contributed by atoms with E-state index in [2.05, 4.69) is 59.1 Å². The first kappa shape index (κ1) is 18.4. The highest BCUT2D eigenvalue weighted by Crippen LogP contribution is 2.22. The molecule has 0 unspecified atom stereocenters. The molecule has 0 aliphatic heterocycles. The minimum Gasteiger partial charge on any atom is -0.463 e. The third-order valence-electron chi connectivity index (χ3n) is 4.67. The molecule has 0 bridgehead atoms. The molecule has 0 atom stereocenters. The third-order valence-corrected chi connectivity index (χ3v) is 5.54. The molecule has 0 saturated carbocycles. The highest BCUT2D eigenvalue weighted by atomic mass is 32.1. The first-order chi connectivity index (χ1) is 13.7. The van der Waals surface area contributed by atoms with E-state index in [0.717, 1.165) is 40.6 Å². The first-order valence-corrected chi connectivity index (χ1v) is 10.4. The van der Waals surface area contributed by atoms with Gasteiger partial charge in [-0.25, -0.2) is 4.99 Å². The summed E-state index contributed by atoms with van der Waals surface area (Å²) < 4.78 is 7.86. The van der Waals surface area contributed by atoms with Crippen molar-refractivity contribution < 1.29 is 4.42 Å². The van der Waals surface area contributed by atoms with E-state index >= 15 is 0 Å². The van der Waals surface area contributed by atoms with Gasteiger partial charge in [0.1, 0.15) is 0 Å². The predicted octanol–water partition coefficient (Wildman–Crippen LogP) is 5.80. The maximum absolute atomic E-state index is 5.65. The quantitative estimate of drug-likeness (QED) is 0.418. The molecule has 0 aliphatic rings. The van der Waals surface area contributed by atoms with Gasteiger partial charge in [0.15, 0.2) is 10.6 Å². The number of hydrogen-bond acceptors (Lipinski definition) is 4. The molecule has 0 spiro atoms. The number of rotatable bonds is 6. The largest absolute Gasteiger partial charge is 0.463 e. The van der Waals surface area contributed by atoms with E-state index in [4.69, 9.17) is 9.41 Å². The summed E-state index contributed by atoms with van der Waals surface area (Å²) in [5.74, 6) is 1.37. The van der Waals surface area contributed by atoms with Gasteiger partial charge in [-0.2, -0.15) is 0 Å². The van der Waals surface area contributed by atoms with Crippen LogP contribution in [0.4, 0.5) is 5.69 Å².